The van der Waals surface area contributed by atoms with Crippen molar-refractivity contribution < 1.29 is 4.79 Å². The molecule has 0 bridgehead atoms. The number of anilines is 1. The maximum absolute atomic E-state index is 12.0. The number of carbonyl (C=O) groups excluding carboxylic acids is 1. The predicted molar refractivity (Wildman–Crippen MR) is 80.9 cm³/mol. The lowest BCUT2D eigenvalue weighted by Gasteiger charge is -2.08. The molecule has 0 radical (unpaired) electrons. The summed E-state index contributed by atoms with van der Waals surface area (Å²) in [7, 11) is 0. The molecule has 0 unspecified atom stereocenters. The number of rotatable bonds is 4. The third-order valence-corrected chi connectivity index (χ3v) is 3.36. The first-order chi connectivity index (χ1) is 9.58. The van der Waals surface area contributed by atoms with E-state index in [9.17, 15) is 4.79 Å². The van der Waals surface area contributed by atoms with Crippen LogP contribution in [-0.4, -0.2) is 17.4 Å². The Morgan fingerprint density at radius 1 is 1.40 bits per heavy atom. The topological polar surface area (TPSA) is 68.0 Å². The molecule has 1 aromatic heterocycles. The fourth-order valence-electron chi connectivity index (χ4n) is 1.93. The van der Waals surface area contributed by atoms with Crippen molar-refractivity contribution in [3.8, 4) is 0 Å². The Balaban J connectivity index is 1.96. The van der Waals surface area contributed by atoms with Gasteiger partial charge in [0.05, 0.1) is 10.6 Å². The van der Waals surface area contributed by atoms with Crippen LogP contribution in [0.1, 0.15) is 21.5 Å². The number of nitrogens with zero attached hydrogens (tertiary/aromatic N) is 1. The second-order valence-electron chi connectivity index (χ2n) is 4.52. The highest BCUT2D eigenvalue weighted by Gasteiger charge is 2.11. The molecule has 0 atom stereocenters. The summed E-state index contributed by atoms with van der Waals surface area (Å²) >= 11 is 5.93. The average Bonchev–Trinajstić information content (AvgIpc) is 2.43. The van der Waals surface area contributed by atoms with Crippen LogP contribution in [0.4, 0.5) is 5.82 Å². The molecule has 0 fully saturated rings. The Bertz CT molecular complexity index is 628. The number of halogens is 1. The van der Waals surface area contributed by atoms with Crippen LogP contribution in [0.2, 0.25) is 5.02 Å². The Kier molecular flexibility index (Phi) is 4.58. The van der Waals surface area contributed by atoms with Crippen molar-refractivity contribution in [1.82, 2.24) is 10.3 Å². The molecule has 0 aliphatic carbocycles. The Hall–Kier alpha value is -2.07. The molecule has 0 aliphatic rings. The predicted octanol–water partition coefficient (Wildman–Crippen LogP) is 2.60. The molecule has 4 nitrogen and oxygen atoms in total. The molecule has 20 heavy (non-hydrogen) atoms. The average molecular weight is 290 g/mol. The number of nitrogen functional groups attached to an aromatic ring is 1. The van der Waals surface area contributed by atoms with Crippen LogP contribution in [-0.2, 0) is 6.42 Å². The largest absolute Gasteiger partial charge is 0.384 e. The van der Waals surface area contributed by atoms with Crippen LogP contribution in [0.25, 0.3) is 0 Å². The lowest BCUT2D eigenvalue weighted by atomic mass is 10.1. The van der Waals surface area contributed by atoms with Gasteiger partial charge in [-0.3, -0.25) is 4.79 Å². The minimum Gasteiger partial charge on any atom is -0.384 e. The van der Waals surface area contributed by atoms with Crippen LogP contribution in [0.15, 0.2) is 36.5 Å². The van der Waals surface area contributed by atoms with E-state index in [0.29, 0.717) is 17.1 Å². The summed E-state index contributed by atoms with van der Waals surface area (Å²) in [4.78, 5) is 15.8. The molecule has 1 heterocycles. The highest BCUT2D eigenvalue weighted by Crippen LogP contribution is 2.16. The third-order valence-electron chi connectivity index (χ3n) is 3.06. The van der Waals surface area contributed by atoms with Gasteiger partial charge in [-0.05, 0) is 30.5 Å². The van der Waals surface area contributed by atoms with Crippen molar-refractivity contribution in [2.75, 3.05) is 12.3 Å². The van der Waals surface area contributed by atoms with Gasteiger partial charge in [0.2, 0.25) is 0 Å². The Morgan fingerprint density at radius 2 is 2.15 bits per heavy atom. The van der Waals surface area contributed by atoms with E-state index in [4.69, 9.17) is 17.3 Å². The zero-order valence-corrected chi connectivity index (χ0v) is 11.9. The van der Waals surface area contributed by atoms with E-state index < -0.39 is 0 Å². The van der Waals surface area contributed by atoms with Gasteiger partial charge in [-0.1, -0.05) is 35.9 Å². The molecule has 0 aliphatic heterocycles. The van der Waals surface area contributed by atoms with E-state index in [1.165, 1.54) is 23.4 Å². The van der Waals surface area contributed by atoms with Gasteiger partial charge < -0.3 is 11.1 Å². The highest BCUT2D eigenvalue weighted by atomic mass is 35.5. The van der Waals surface area contributed by atoms with Gasteiger partial charge >= 0.3 is 0 Å². The van der Waals surface area contributed by atoms with E-state index in [1.807, 2.05) is 12.1 Å². The number of hydrogen-bond acceptors (Lipinski definition) is 3. The summed E-state index contributed by atoms with van der Waals surface area (Å²) in [5.41, 5.74) is 8.34. The molecule has 0 saturated carbocycles. The molecule has 0 saturated heterocycles. The maximum Gasteiger partial charge on any atom is 0.253 e. The first-order valence-corrected chi connectivity index (χ1v) is 6.69. The summed E-state index contributed by atoms with van der Waals surface area (Å²) < 4.78 is 0. The van der Waals surface area contributed by atoms with Crippen molar-refractivity contribution in [3.05, 3.63) is 58.2 Å². The second-order valence-corrected chi connectivity index (χ2v) is 4.93. The van der Waals surface area contributed by atoms with Gasteiger partial charge in [-0.2, -0.15) is 0 Å². The molecular weight excluding hydrogens is 274 g/mol. The molecular formula is C15H16ClN3O. The highest BCUT2D eigenvalue weighted by molar-refractivity contribution is 6.33. The quantitative estimate of drug-likeness (QED) is 0.909. The number of nitrogens with two attached hydrogens (primary N) is 1. The number of nitrogens with one attached hydrogen (secondary N) is 1. The van der Waals surface area contributed by atoms with Crippen LogP contribution >= 0.6 is 11.6 Å². The lowest BCUT2D eigenvalue weighted by molar-refractivity contribution is 0.0954. The van der Waals surface area contributed by atoms with Crippen molar-refractivity contribution in [3.63, 3.8) is 0 Å². The van der Waals surface area contributed by atoms with Crippen LogP contribution in [0.5, 0.6) is 0 Å². The molecule has 3 N–H and O–H groups in total. The van der Waals surface area contributed by atoms with E-state index in [0.717, 1.165) is 6.42 Å². The molecule has 1 amide bonds. The molecule has 5 heteroatoms. The smallest absolute Gasteiger partial charge is 0.253 e. The first kappa shape index (κ1) is 14.3. The van der Waals surface area contributed by atoms with Gasteiger partial charge in [-0.15, -0.1) is 0 Å². The fraction of sp³-hybridized carbons (Fsp3) is 0.200. The van der Waals surface area contributed by atoms with E-state index in [2.05, 4.69) is 29.4 Å². The van der Waals surface area contributed by atoms with Crippen molar-refractivity contribution in [1.29, 1.82) is 0 Å². The molecule has 2 rings (SSSR count). The van der Waals surface area contributed by atoms with Crippen molar-refractivity contribution >= 4 is 23.3 Å². The van der Waals surface area contributed by atoms with Crippen LogP contribution < -0.4 is 11.1 Å². The van der Waals surface area contributed by atoms with Crippen LogP contribution in [0, 0.1) is 6.92 Å². The Labute approximate surface area is 123 Å². The number of aromatic nitrogens is 1. The van der Waals surface area contributed by atoms with E-state index in [1.54, 1.807) is 0 Å². The standard InChI is InChI=1S/C15H16ClN3O/c1-10-4-2-3-5-11(10)6-7-18-15(20)12-8-14(17)19-9-13(12)16/h2-5,8-9H,6-7H2,1H3,(H2,17,19)(H,18,20). The zero-order chi connectivity index (χ0) is 14.5. The first-order valence-electron chi connectivity index (χ1n) is 6.31. The summed E-state index contributed by atoms with van der Waals surface area (Å²) in [5, 5.41) is 3.13. The number of benzene rings is 1. The minimum atomic E-state index is -0.238. The van der Waals surface area contributed by atoms with Gasteiger partial charge in [0.15, 0.2) is 0 Å². The summed E-state index contributed by atoms with van der Waals surface area (Å²) in [5.74, 6) is 0.0381. The zero-order valence-electron chi connectivity index (χ0n) is 11.2. The van der Waals surface area contributed by atoms with Gasteiger partial charge in [-0.25, -0.2) is 4.98 Å². The van der Waals surface area contributed by atoms with Gasteiger partial charge in [0, 0.05) is 12.7 Å². The fourth-order valence-corrected chi connectivity index (χ4v) is 2.11. The monoisotopic (exact) mass is 289 g/mol. The number of hydrogen-bond donors (Lipinski definition) is 2. The Morgan fingerprint density at radius 3 is 2.90 bits per heavy atom. The number of amides is 1. The normalized spacial score (nSPS) is 10.3. The molecule has 2 aromatic rings. The molecule has 0 spiro atoms. The number of aryl methyl sites for hydroxylation is 1. The molecule has 1 aromatic carbocycles. The van der Waals surface area contributed by atoms with Crippen LogP contribution in [0.3, 0.4) is 0 Å². The van der Waals surface area contributed by atoms with E-state index in [-0.39, 0.29) is 11.7 Å². The van der Waals surface area contributed by atoms with Crippen molar-refractivity contribution in [2.24, 2.45) is 0 Å². The molecule has 104 valence electrons. The van der Waals surface area contributed by atoms with Gasteiger partial charge in [0.1, 0.15) is 5.82 Å². The SMILES string of the molecule is Cc1ccccc1CCNC(=O)c1cc(N)ncc1Cl. The van der Waals surface area contributed by atoms with Crippen molar-refractivity contribution in [2.45, 2.75) is 13.3 Å². The summed E-state index contributed by atoms with van der Waals surface area (Å²) in [6.07, 6.45) is 2.16. The second kappa shape index (κ2) is 6.39. The summed E-state index contributed by atoms with van der Waals surface area (Å²) in [6.45, 7) is 2.60. The summed E-state index contributed by atoms with van der Waals surface area (Å²) in [6, 6.07) is 9.57. The third kappa shape index (κ3) is 3.48. The van der Waals surface area contributed by atoms with E-state index >= 15 is 0 Å². The maximum atomic E-state index is 12.0. The number of pyridine rings is 1. The van der Waals surface area contributed by atoms with Gasteiger partial charge in [0.25, 0.3) is 5.91 Å². The number of carbonyl (C=O) groups is 1. The minimum absolute atomic E-state index is 0.238. The lowest BCUT2D eigenvalue weighted by Crippen LogP contribution is -2.26.